The van der Waals surface area contributed by atoms with Gasteiger partial charge in [0.1, 0.15) is 11.4 Å². The van der Waals surface area contributed by atoms with Gasteiger partial charge in [0, 0.05) is 37.5 Å². The molecule has 176 valence electrons. The number of methoxy groups -OCH3 is 1. The van der Waals surface area contributed by atoms with Gasteiger partial charge in [-0.05, 0) is 85.3 Å². The minimum absolute atomic E-state index is 0.230. The first-order chi connectivity index (χ1) is 15.7. The van der Waals surface area contributed by atoms with E-state index < -0.39 is 5.60 Å². The predicted octanol–water partition coefficient (Wildman–Crippen LogP) is 5.54. The van der Waals surface area contributed by atoms with Crippen molar-refractivity contribution in [2.75, 3.05) is 26.1 Å². The molecule has 0 amide bonds. The Labute approximate surface area is 198 Å². The Morgan fingerprint density at radius 3 is 2.55 bits per heavy atom. The number of hydrogen-bond donors (Lipinski definition) is 1. The zero-order chi connectivity index (χ0) is 23.5. The fourth-order valence-electron chi connectivity index (χ4n) is 7.60. The van der Waals surface area contributed by atoms with Crippen LogP contribution in [0.15, 0.2) is 59.4 Å². The molecular formula is C29H37NO3. The molecule has 1 N–H and O–H groups in total. The maximum Gasteiger partial charge on any atom is 0.156 e. The molecule has 1 aromatic carbocycles. The summed E-state index contributed by atoms with van der Waals surface area (Å²) in [6, 6.07) is 8.92. The molecule has 0 bridgehead atoms. The lowest BCUT2D eigenvalue weighted by Gasteiger charge is -2.54. The average Bonchev–Trinajstić information content (AvgIpc) is 3.09. The normalized spacial score (nSPS) is 35.4. The van der Waals surface area contributed by atoms with Gasteiger partial charge < -0.3 is 14.7 Å². The van der Waals surface area contributed by atoms with Crippen molar-refractivity contribution in [3.63, 3.8) is 0 Å². The van der Waals surface area contributed by atoms with E-state index >= 15 is 0 Å². The highest BCUT2D eigenvalue weighted by molar-refractivity contribution is 5.93. The van der Waals surface area contributed by atoms with E-state index in [1.54, 1.807) is 12.7 Å². The second-order valence-electron chi connectivity index (χ2n) is 11.0. The Balaban J connectivity index is 1.66. The van der Waals surface area contributed by atoms with Crippen LogP contribution in [0.1, 0.15) is 63.4 Å². The lowest BCUT2D eigenvalue weighted by molar-refractivity contribution is -0.114. The van der Waals surface area contributed by atoms with Crippen LogP contribution in [0, 0.1) is 17.3 Å². The van der Waals surface area contributed by atoms with Gasteiger partial charge in [0.05, 0.1) is 7.11 Å². The summed E-state index contributed by atoms with van der Waals surface area (Å²) in [5, 5.41) is 11.9. The van der Waals surface area contributed by atoms with E-state index in [2.05, 4.69) is 56.8 Å². The molecular weight excluding hydrogens is 410 g/mol. The quantitative estimate of drug-likeness (QED) is 0.616. The van der Waals surface area contributed by atoms with Gasteiger partial charge in [-0.2, -0.15) is 0 Å². The molecule has 5 rings (SSSR count). The van der Waals surface area contributed by atoms with Crippen LogP contribution in [0.3, 0.4) is 0 Å². The number of fused-ring (bicyclic) bond motifs is 4. The van der Waals surface area contributed by atoms with E-state index in [4.69, 9.17) is 4.74 Å². The SMILES string of the molecule is C=C(OC)[C@@]1(O)CC[C@H]2[C@@H]3CCC4=CC(=O)CCC4=C3[C@@H](c3ccc(N(C)C)cc3)C[C@@]21C. The van der Waals surface area contributed by atoms with Crippen LogP contribution in [0.5, 0.6) is 0 Å². The Kier molecular flexibility index (Phi) is 5.36. The third kappa shape index (κ3) is 3.24. The van der Waals surface area contributed by atoms with Crippen molar-refractivity contribution in [3.05, 3.63) is 65.0 Å². The first-order valence-corrected chi connectivity index (χ1v) is 12.4. The molecule has 0 saturated heterocycles. The van der Waals surface area contributed by atoms with Gasteiger partial charge >= 0.3 is 0 Å². The summed E-state index contributed by atoms with van der Waals surface area (Å²) in [6.45, 7) is 6.40. The molecule has 4 aliphatic carbocycles. The van der Waals surface area contributed by atoms with Crippen molar-refractivity contribution < 1.29 is 14.6 Å². The maximum atomic E-state index is 12.2. The Morgan fingerprint density at radius 1 is 1.15 bits per heavy atom. The van der Waals surface area contributed by atoms with E-state index in [0.717, 1.165) is 32.1 Å². The number of hydrogen-bond acceptors (Lipinski definition) is 4. The smallest absolute Gasteiger partial charge is 0.156 e. The number of rotatable bonds is 4. The van der Waals surface area contributed by atoms with Gasteiger partial charge in [-0.25, -0.2) is 0 Å². The lowest BCUT2D eigenvalue weighted by atomic mass is 9.51. The number of nitrogens with zero attached hydrogens (tertiary/aromatic N) is 1. The Hall–Kier alpha value is -2.33. The second-order valence-corrected chi connectivity index (χ2v) is 11.0. The van der Waals surface area contributed by atoms with E-state index in [1.165, 1.54) is 22.4 Å². The van der Waals surface area contributed by atoms with Crippen LogP contribution in [0.2, 0.25) is 0 Å². The molecule has 2 fully saturated rings. The van der Waals surface area contributed by atoms with Gasteiger partial charge in [-0.15, -0.1) is 0 Å². The van der Waals surface area contributed by atoms with Gasteiger partial charge in [-0.3, -0.25) is 4.79 Å². The first kappa shape index (κ1) is 22.5. The summed E-state index contributed by atoms with van der Waals surface area (Å²) in [7, 11) is 5.75. The molecule has 33 heavy (non-hydrogen) atoms. The molecule has 0 unspecified atom stereocenters. The molecule has 2 saturated carbocycles. The molecule has 5 atom stereocenters. The van der Waals surface area contributed by atoms with Crippen LogP contribution in [-0.4, -0.2) is 37.7 Å². The summed E-state index contributed by atoms with van der Waals surface area (Å²) in [4.78, 5) is 14.3. The third-order valence-corrected chi connectivity index (χ3v) is 9.41. The number of carbonyl (C=O) groups excluding carboxylic acids is 1. The Bertz CT molecular complexity index is 1050. The van der Waals surface area contributed by atoms with Crippen molar-refractivity contribution in [2.24, 2.45) is 17.3 Å². The number of ether oxygens (including phenoxy) is 1. The number of ketones is 1. The molecule has 4 nitrogen and oxygen atoms in total. The maximum absolute atomic E-state index is 12.2. The minimum atomic E-state index is -1.01. The van der Waals surface area contributed by atoms with E-state index in [1.807, 2.05) is 6.08 Å². The summed E-state index contributed by atoms with van der Waals surface area (Å²) in [5.41, 5.74) is 5.44. The average molecular weight is 448 g/mol. The zero-order valence-electron chi connectivity index (χ0n) is 20.5. The molecule has 0 heterocycles. The van der Waals surface area contributed by atoms with Crippen molar-refractivity contribution in [3.8, 4) is 0 Å². The summed E-state index contributed by atoms with van der Waals surface area (Å²) < 4.78 is 5.56. The van der Waals surface area contributed by atoms with Crippen molar-refractivity contribution in [2.45, 2.75) is 63.4 Å². The van der Waals surface area contributed by atoms with Gasteiger partial charge in [-0.1, -0.05) is 31.2 Å². The van der Waals surface area contributed by atoms with Crippen molar-refractivity contribution >= 4 is 11.5 Å². The lowest BCUT2D eigenvalue weighted by Crippen LogP contribution is -2.52. The van der Waals surface area contributed by atoms with E-state index in [-0.39, 0.29) is 17.1 Å². The largest absolute Gasteiger partial charge is 0.499 e. The topological polar surface area (TPSA) is 49.8 Å². The summed E-state index contributed by atoms with van der Waals surface area (Å²) in [6.07, 6.45) is 7.98. The number of allylic oxidation sites excluding steroid dienone is 4. The van der Waals surface area contributed by atoms with Gasteiger partial charge in [0.15, 0.2) is 5.78 Å². The minimum Gasteiger partial charge on any atom is -0.499 e. The molecule has 4 aliphatic rings. The predicted molar refractivity (Wildman–Crippen MR) is 132 cm³/mol. The van der Waals surface area contributed by atoms with Crippen molar-refractivity contribution in [1.82, 2.24) is 0 Å². The van der Waals surface area contributed by atoms with Gasteiger partial charge in [0.2, 0.25) is 0 Å². The standard InChI is InChI=1S/C29H37NO3/c1-18(33-5)29(32)15-14-26-24-12-8-20-16-22(31)11-13-23(20)27(24)25(17-28(26,29)2)19-6-9-21(10-7-19)30(3)4/h6-7,9-10,16,24-26,32H,1,8,11-15,17H2,2-5H3/t24-,25+,26-,28-,29-/m0/s1. The molecule has 0 spiro atoms. The van der Waals surface area contributed by atoms with Crippen LogP contribution in [0.25, 0.3) is 0 Å². The highest BCUT2D eigenvalue weighted by atomic mass is 16.5. The van der Waals surface area contributed by atoms with Crippen molar-refractivity contribution in [1.29, 1.82) is 0 Å². The van der Waals surface area contributed by atoms with Crippen LogP contribution >= 0.6 is 0 Å². The zero-order valence-corrected chi connectivity index (χ0v) is 20.5. The molecule has 0 aromatic heterocycles. The first-order valence-electron chi connectivity index (χ1n) is 12.4. The van der Waals surface area contributed by atoms with Crippen LogP contribution in [-0.2, 0) is 9.53 Å². The summed E-state index contributed by atoms with van der Waals surface area (Å²) >= 11 is 0. The third-order valence-electron chi connectivity index (χ3n) is 9.41. The molecule has 1 aromatic rings. The number of aliphatic hydroxyl groups is 1. The highest BCUT2D eigenvalue weighted by Gasteiger charge is 2.64. The molecule has 0 aliphatic heterocycles. The number of benzene rings is 1. The number of carbonyl (C=O) groups is 1. The van der Waals surface area contributed by atoms with Crippen LogP contribution < -0.4 is 4.90 Å². The highest BCUT2D eigenvalue weighted by Crippen LogP contribution is 2.67. The van der Waals surface area contributed by atoms with Gasteiger partial charge in [0.25, 0.3) is 0 Å². The number of anilines is 1. The second kappa shape index (κ2) is 7.87. The van der Waals surface area contributed by atoms with E-state index in [9.17, 15) is 9.90 Å². The van der Waals surface area contributed by atoms with E-state index in [0.29, 0.717) is 30.4 Å². The monoisotopic (exact) mass is 447 g/mol. The molecule has 4 heteroatoms. The fraction of sp³-hybridized carbons (Fsp3) is 0.552. The Morgan fingerprint density at radius 2 is 1.88 bits per heavy atom. The van der Waals surface area contributed by atoms with Crippen LogP contribution in [0.4, 0.5) is 5.69 Å². The fourth-order valence-corrected chi connectivity index (χ4v) is 7.60. The summed E-state index contributed by atoms with van der Waals surface area (Å²) in [5.74, 6) is 1.83. The molecule has 0 radical (unpaired) electrons.